The van der Waals surface area contributed by atoms with Gasteiger partial charge in [0, 0.05) is 11.1 Å². The molecule has 98 valence electrons. The molecule has 3 aromatic rings. The predicted molar refractivity (Wildman–Crippen MR) is 80.6 cm³/mol. The summed E-state index contributed by atoms with van der Waals surface area (Å²) in [6.45, 7) is 0. The first-order valence-corrected chi connectivity index (χ1v) is 6.42. The Morgan fingerprint density at radius 2 is 1.15 bits per heavy atom. The summed E-state index contributed by atoms with van der Waals surface area (Å²) >= 11 is 0. The molecular formula is C18H14O2. The van der Waals surface area contributed by atoms with Crippen molar-refractivity contribution in [3.63, 3.8) is 0 Å². The molecule has 0 aliphatic carbocycles. The van der Waals surface area contributed by atoms with Gasteiger partial charge in [-0.15, -0.1) is 0 Å². The normalized spacial score (nSPS) is 10.4. The highest BCUT2D eigenvalue weighted by Gasteiger charge is 2.09. The van der Waals surface area contributed by atoms with Gasteiger partial charge in [0.2, 0.25) is 0 Å². The van der Waals surface area contributed by atoms with Crippen molar-refractivity contribution >= 4 is 0 Å². The highest BCUT2D eigenvalue weighted by molar-refractivity contribution is 5.79. The molecule has 0 spiro atoms. The van der Waals surface area contributed by atoms with Crippen LogP contribution >= 0.6 is 0 Å². The summed E-state index contributed by atoms with van der Waals surface area (Å²) in [6, 6.07) is 22.3. The molecule has 3 aromatic carbocycles. The summed E-state index contributed by atoms with van der Waals surface area (Å²) < 4.78 is 0. The Morgan fingerprint density at radius 3 is 1.85 bits per heavy atom. The number of hydrogen-bond acceptors (Lipinski definition) is 2. The maximum absolute atomic E-state index is 10.2. The molecule has 3 rings (SSSR count). The fraction of sp³-hybridized carbons (Fsp3) is 0. The van der Waals surface area contributed by atoms with Gasteiger partial charge in [0.25, 0.3) is 0 Å². The molecule has 0 aliphatic heterocycles. The number of rotatable bonds is 2. The van der Waals surface area contributed by atoms with Crippen LogP contribution in [0, 0.1) is 0 Å². The van der Waals surface area contributed by atoms with Gasteiger partial charge in [0.1, 0.15) is 11.5 Å². The number of para-hydroxylation sites is 1. The van der Waals surface area contributed by atoms with Crippen LogP contribution in [0.15, 0.2) is 72.8 Å². The van der Waals surface area contributed by atoms with Gasteiger partial charge in [-0.05, 0) is 29.3 Å². The fourth-order valence-corrected chi connectivity index (χ4v) is 2.27. The first kappa shape index (κ1) is 12.3. The molecule has 0 saturated heterocycles. The van der Waals surface area contributed by atoms with Crippen LogP contribution in [0.4, 0.5) is 0 Å². The van der Waals surface area contributed by atoms with Crippen LogP contribution in [0.5, 0.6) is 11.5 Å². The molecule has 0 heterocycles. The summed E-state index contributed by atoms with van der Waals surface area (Å²) in [6.07, 6.45) is 0. The van der Waals surface area contributed by atoms with E-state index >= 15 is 0 Å². The second-order valence-electron chi connectivity index (χ2n) is 4.62. The maximum atomic E-state index is 10.2. The third-order valence-corrected chi connectivity index (χ3v) is 3.30. The van der Waals surface area contributed by atoms with Crippen LogP contribution in [-0.2, 0) is 0 Å². The summed E-state index contributed by atoms with van der Waals surface area (Å²) in [7, 11) is 0. The van der Waals surface area contributed by atoms with E-state index in [2.05, 4.69) is 0 Å². The predicted octanol–water partition coefficient (Wildman–Crippen LogP) is 4.43. The Bertz CT molecular complexity index is 733. The second-order valence-corrected chi connectivity index (χ2v) is 4.62. The lowest BCUT2D eigenvalue weighted by Crippen LogP contribution is -1.83. The van der Waals surface area contributed by atoms with Crippen molar-refractivity contribution in [1.29, 1.82) is 0 Å². The van der Waals surface area contributed by atoms with Crippen molar-refractivity contribution in [2.75, 3.05) is 0 Å². The highest BCUT2D eigenvalue weighted by atomic mass is 16.3. The lowest BCUT2D eigenvalue weighted by molar-refractivity contribution is 0.469. The van der Waals surface area contributed by atoms with Crippen LogP contribution < -0.4 is 0 Å². The summed E-state index contributed by atoms with van der Waals surface area (Å²) in [4.78, 5) is 0. The average molecular weight is 262 g/mol. The minimum absolute atomic E-state index is 0.160. The Labute approximate surface area is 117 Å². The molecule has 20 heavy (non-hydrogen) atoms. The van der Waals surface area contributed by atoms with E-state index in [-0.39, 0.29) is 11.5 Å². The molecule has 0 amide bonds. The van der Waals surface area contributed by atoms with Gasteiger partial charge in [-0.2, -0.15) is 0 Å². The van der Waals surface area contributed by atoms with Gasteiger partial charge >= 0.3 is 0 Å². The van der Waals surface area contributed by atoms with E-state index in [1.54, 1.807) is 24.3 Å². The maximum Gasteiger partial charge on any atom is 0.124 e. The van der Waals surface area contributed by atoms with E-state index in [1.807, 2.05) is 48.5 Å². The largest absolute Gasteiger partial charge is 0.507 e. The van der Waals surface area contributed by atoms with Gasteiger partial charge in [-0.3, -0.25) is 0 Å². The highest BCUT2D eigenvalue weighted by Crippen LogP contribution is 2.37. The lowest BCUT2D eigenvalue weighted by Gasteiger charge is -2.09. The third-order valence-electron chi connectivity index (χ3n) is 3.30. The minimum Gasteiger partial charge on any atom is -0.507 e. The SMILES string of the molecule is Oc1ccccc1-c1ccc(-c2ccccc2)cc1O. The molecule has 0 unspecified atom stereocenters. The lowest BCUT2D eigenvalue weighted by atomic mass is 9.99. The second kappa shape index (κ2) is 5.10. The fourth-order valence-electron chi connectivity index (χ4n) is 2.27. The molecule has 0 aromatic heterocycles. The van der Waals surface area contributed by atoms with E-state index in [9.17, 15) is 10.2 Å². The van der Waals surface area contributed by atoms with Gasteiger partial charge < -0.3 is 10.2 Å². The summed E-state index contributed by atoms with van der Waals surface area (Å²) in [5.41, 5.74) is 3.25. The quantitative estimate of drug-likeness (QED) is 0.717. The molecule has 0 atom stereocenters. The van der Waals surface area contributed by atoms with Crippen molar-refractivity contribution in [3.05, 3.63) is 72.8 Å². The van der Waals surface area contributed by atoms with Crippen LogP contribution in [0.25, 0.3) is 22.3 Å². The molecule has 2 heteroatoms. The number of benzene rings is 3. The molecule has 2 N–H and O–H groups in total. The first-order chi connectivity index (χ1) is 9.75. The molecular weight excluding hydrogens is 248 g/mol. The molecule has 0 aliphatic rings. The standard InChI is InChI=1S/C18H14O2/c19-17-9-5-4-8-15(17)16-11-10-14(12-18(16)20)13-6-2-1-3-7-13/h1-12,19-20H. The van der Waals surface area contributed by atoms with Crippen molar-refractivity contribution < 1.29 is 10.2 Å². The number of phenolic OH excluding ortho intramolecular Hbond substituents is 2. The van der Waals surface area contributed by atoms with Crippen molar-refractivity contribution in [2.24, 2.45) is 0 Å². The first-order valence-electron chi connectivity index (χ1n) is 6.42. The Kier molecular flexibility index (Phi) is 3.13. The molecule has 0 radical (unpaired) electrons. The van der Waals surface area contributed by atoms with Crippen LogP contribution in [0.2, 0.25) is 0 Å². The smallest absolute Gasteiger partial charge is 0.124 e. The number of phenols is 2. The zero-order valence-electron chi connectivity index (χ0n) is 10.8. The van der Waals surface area contributed by atoms with Gasteiger partial charge in [-0.25, -0.2) is 0 Å². The minimum atomic E-state index is 0.160. The number of hydrogen-bond donors (Lipinski definition) is 2. The van der Waals surface area contributed by atoms with E-state index < -0.39 is 0 Å². The van der Waals surface area contributed by atoms with Crippen molar-refractivity contribution in [1.82, 2.24) is 0 Å². The van der Waals surface area contributed by atoms with Crippen LogP contribution in [0.1, 0.15) is 0 Å². The van der Waals surface area contributed by atoms with Gasteiger partial charge in [0.15, 0.2) is 0 Å². The Balaban J connectivity index is 2.07. The molecule has 0 fully saturated rings. The summed E-state index contributed by atoms with van der Waals surface area (Å²) in [5, 5.41) is 20.1. The van der Waals surface area contributed by atoms with Crippen LogP contribution in [-0.4, -0.2) is 10.2 Å². The zero-order chi connectivity index (χ0) is 13.9. The van der Waals surface area contributed by atoms with Gasteiger partial charge in [0.05, 0.1) is 0 Å². The molecule has 2 nitrogen and oxygen atoms in total. The number of aromatic hydroxyl groups is 2. The van der Waals surface area contributed by atoms with E-state index in [4.69, 9.17) is 0 Å². The third kappa shape index (κ3) is 2.24. The van der Waals surface area contributed by atoms with E-state index in [1.165, 1.54) is 0 Å². The van der Waals surface area contributed by atoms with Gasteiger partial charge in [-0.1, -0.05) is 54.6 Å². The van der Waals surface area contributed by atoms with Crippen molar-refractivity contribution in [2.45, 2.75) is 0 Å². The summed E-state index contributed by atoms with van der Waals surface area (Å²) in [5.74, 6) is 0.322. The average Bonchev–Trinajstić information content (AvgIpc) is 2.49. The zero-order valence-corrected chi connectivity index (χ0v) is 10.8. The topological polar surface area (TPSA) is 40.5 Å². The monoisotopic (exact) mass is 262 g/mol. The Hall–Kier alpha value is -2.74. The molecule has 0 bridgehead atoms. The van der Waals surface area contributed by atoms with E-state index in [0.717, 1.165) is 11.1 Å². The Morgan fingerprint density at radius 1 is 0.500 bits per heavy atom. The van der Waals surface area contributed by atoms with Crippen molar-refractivity contribution in [3.8, 4) is 33.8 Å². The van der Waals surface area contributed by atoms with Crippen LogP contribution in [0.3, 0.4) is 0 Å². The molecule has 0 saturated carbocycles. The van der Waals surface area contributed by atoms with E-state index in [0.29, 0.717) is 11.1 Å².